The van der Waals surface area contributed by atoms with Crippen LogP contribution in [-0.4, -0.2) is 52.7 Å². The molecule has 1 fully saturated rings. The van der Waals surface area contributed by atoms with Gasteiger partial charge in [0.05, 0.1) is 6.20 Å². The molecule has 7 nitrogen and oxygen atoms in total. The van der Waals surface area contributed by atoms with Crippen molar-refractivity contribution in [2.45, 2.75) is 6.61 Å². The van der Waals surface area contributed by atoms with Gasteiger partial charge in [-0.25, -0.2) is 4.98 Å². The molecule has 3 heterocycles. The predicted octanol–water partition coefficient (Wildman–Crippen LogP) is 4.98. The molecule has 0 bridgehead atoms. The van der Waals surface area contributed by atoms with Gasteiger partial charge in [0.15, 0.2) is 5.65 Å². The number of hydrogen-bond donors (Lipinski definition) is 1. The van der Waals surface area contributed by atoms with Crippen molar-refractivity contribution in [1.82, 2.24) is 19.5 Å². The Morgan fingerprint density at radius 1 is 0.784 bits per heavy atom. The molecule has 1 aliphatic heterocycles. The SMILES string of the molecule is CN1CCN(c2ccc(-c3cnn4c(N)c(-c5ccc(OCc6ccccc6)cc5)cnc34)cc2)CC1. The lowest BCUT2D eigenvalue weighted by Crippen LogP contribution is -2.44. The summed E-state index contributed by atoms with van der Waals surface area (Å²) < 4.78 is 7.64. The molecule has 0 amide bonds. The number of fused-ring (bicyclic) bond motifs is 1. The molecular weight excluding hydrogens is 460 g/mol. The van der Waals surface area contributed by atoms with Gasteiger partial charge >= 0.3 is 0 Å². The maximum absolute atomic E-state index is 6.57. The van der Waals surface area contributed by atoms with E-state index in [2.05, 4.69) is 58.3 Å². The number of aromatic nitrogens is 3. The van der Waals surface area contributed by atoms with E-state index in [4.69, 9.17) is 15.5 Å². The molecule has 1 saturated heterocycles. The first-order valence-electron chi connectivity index (χ1n) is 12.6. The minimum absolute atomic E-state index is 0.530. The molecule has 0 radical (unpaired) electrons. The van der Waals surface area contributed by atoms with Crippen molar-refractivity contribution in [1.29, 1.82) is 0 Å². The minimum Gasteiger partial charge on any atom is -0.489 e. The van der Waals surface area contributed by atoms with E-state index in [1.807, 2.05) is 54.9 Å². The van der Waals surface area contributed by atoms with Crippen LogP contribution in [-0.2, 0) is 6.61 Å². The van der Waals surface area contributed by atoms with Crippen molar-refractivity contribution < 1.29 is 4.74 Å². The predicted molar refractivity (Wildman–Crippen MR) is 149 cm³/mol. The Morgan fingerprint density at radius 3 is 2.19 bits per heavy atom. The molecule has 186 valence electrons. The van der Waals surface area contributed by atoms with Crippen LogP contribution < -0.4 is 15.4 Å². The Kier molecular flexibility index (Phi) is 6.20. The molecule has 0 spiro atoms. The molecule has 3 aromatic carbocycles. The van der Waals surface area contributed by atoms with E-state index in [0.717, 1.165) is 65.4 Å². The monoisotopic (exact) mass is 490 g/mol. The fourth-order valence-corrected chi connectivity index (χ4v) is 4.76. The molecule has 1 aliphatic rings. The third kappa shape index (κ3) is 4.73. The largest absolute Gasteiger partial charge is 0.489 e. The standard InChI is InChI=1S/C30H30N6O/c1-34-15-17-35(18-16-34)25-11-7-24(8-12-25)28-20-33-36-29(31)27(19-32-30(28)36)23-9-13-26(14-10-23)37-21-22-5-3-2-4-6-22/h2-14,19-20H,15-18,21,31H2,1H3. The number of hydrogen-bond acceptors (Lipinski definition) is 6. The summed E-state index contributed by atoms with van der Waals surface area (Å²) in [6, 6.07) is 26.7. The fraction of sp³-hybridized carbons (Fsp3) is 0.200. The van der Waals surface area contributed by atoms with Crippen molar-refractivity contribution in [2.24, 2.45) is 0 Å². The van der Waals surface area contributed by atoms with Gasteiger partial charge in [-0.3, -0.25) is 0 Å². The third-order valence-corrected chi connectivity index (χ3v) is 7.02. The van der Waals surface area contributed by atoms with Crippen LogP contribution in [0.15, 0.2) is 91.3 Å². The van der Waals surface area contributed by atoms with E-state index < -0.39 is 0 Å². The van der Waals surface area contributed by atoms with Crippen molar-refractivity contribution >= 4 is 17.2 Å². The van der Waals surface area contributed by atoms with Crippen LogP contribution in [0.2, 0.25) is 0 Å². The fourth-order valence-electron chi connectivity index (χ4n) is 4.76. The highest BCUT2D eigenvalue weighted by Crippen LogP contribution is 2.32. The van der Waals surface area contributed by atoms with E-state index in [0.29, 0.717) is 12.4 Å². The maximum Gasteiger partial charge on any atom is 0.165 e. The topological polar surface area (TPSA) is 71.9 Å². The molecule has 0 aliphatic carbocycles. The van der Waals surface area contributed by atoms with Crippen LogP contribution in [0, 0.1) is 0 Å². The summed E-state index contributed by atoms with van der Waals surface area (Å²) in [7, 11) is 2.17. The number of benzene rings is 3. The van der Waals surface area contributed by atoms with E-state index in [1.165, 1.54) is 5.69 Å². The molecule has 0 saturated carbocycles. The number of anilines is 2. The van der Waals surface area contributed by atoms with E-state index in [-0.39, 0.29) is 0 Å². The first kappa shape index (κ1) is 23.1. The molecular formula is C30H30N6O. The highest BCUT2D eigenvalue weighted by molar-refractivity contribution is 5.82. The summed E-state index contributed by atoms with van der Waals surface area (Å²) in [4.78, 5) is 9.54. The van der Waals surface area contributed by atoms with Gasteiger partial charge in [-0.15, -0.1) is 0 Å². The molecule has 0 unspecified atom stereocenters. The number of rotatable bonds is 6. The highest BCUT2D eigenvalue weighted by Gasteiger charge is 2.16. The summed E-state index contributed by atoms with van der Waals surface area (Å²) in [6.07, 6.45) is 3.67. The van der Waals surface area contributed by atoms with E-state index in [9.17, 15) is 0 Å². The lowest BCUT2D eigenvalue weighted by molar-refractivity contribution is 0.306. The van der Waals surface area contributed by atoms with Gasteiger partial charge in [0.2, 0.25) is 0 Å². The Hall–Kier alpha value is -4.36. The van der Waals surface area contributed by atoms with Crippen LogP contribution in [0.4, 0.5) is 11.5 Å². The van der Waals surface area contributed by atoms with Gasteiger partial charge in [-0.2, -0.15) is 9.61 Å². The van der Waals surface area contributed by atoms with Crippen LogP contribution in [0.3, 0.4) is 0 Å². The van der Waals surface area contributed by atoms with Crippen LogP contribution in [0.25, 0.3) is 27.9 Å². The van der Waals surface area contributed by atoms with E-state index in [1.54, 1.807) is 4.52 Å². The summed E-state index contributed by atoms with van der Waals surface area (Å²) in [5, 5.41) is 4.57. The van der Waals surface area contributed by atoms with Crippen molar-refractivity contribution in [3.05, 3.63) is 96.8 Å². The number of piperazine rings is 1. The average Bonchev–Trinajstić information content (AvgIpc) is 3.39. The Balaban J connectivity index is 1.20. The normalized spacial score (nSPS) is 14.2. The maximum atomic E-state index is 6.57. The molecule has 7 heteroatoms. The molecule has 2 aromatic heterocycles. The molecule has 0 atom stereocenters. The van der Waals surface area contributed by atoms with Crippen molar-refractivity contribution in [3.8, 4) is 28.0 Å². The van der Waals surface area contributed by atoms with E-state index >= 15 is 0 Å². The van der Waals surface area contributed by atoms with Gasteiger partial charge in [0.25, 0.3) is 0 Å². The summed E-state index contributed by atoms with van der Waals surface area (Å²) in [6.45, 7) is 4.80. The Bertz CT molecular complexity index is 1490. The highest BCUT2D eigenvalue weighted by atomic mass is 16.5. The lowest BCUT2D eigenvalue weighted by Gasteiger charge is -2.34. The zero-order chi connectivity index (χ0) is 25.2. The van der Waals surface area contributed by atoms with Gasteiger partial charge < -0.3 is 20.3 Å². The van der Waals surface area contributed by atoms with Crippen LogP contribution in [0.5, 0.6) is 5.75 Å². The number of likely N-dealkylation sites (N-methyl/N-ethyl adjacent to an activating group) is 1. The second kappa shape index (κ2) is 9.95. The Labute approximate surface area is 216 Å². The quantitative estimate of drug-likeness (QED) is 0.362. The Morgan fingerprint density at radius 2 is 1.46 bits per heavy atom. The van der Waals surface area contributed by atoms with Crippen molar-refractivity contribution in [2.75, 3.05) is 43.9 Å². The molecule has 2 N–H and O–H groups in total. The first-order chi connectivity index (χ1) is 18.2. The lowest BCUT2D eigenvalue weighted by atomic mass is 10.1. The average molecular weight is 491 g/mol. The molecule has 5 aromatic rings. The third-order valence-electron chi connectivity index (χ3n) is 7.02. The van der Waals surface area contributed by atoms with Crippen molar-refractivity contribution in [3.63, 3.8) is 0 Å². The van der Waals surface area contributed by atoms with Crippen LogP contribution in [0.1, 0.15) is 5.56 Å². The first-order valence-corrected chi connectivity index (χ1v) is 12.6. The smallest absolute Gasteiger partial charge is 0.165 e. The second-order valence-electron chi connectivity index (χ2n) is 9.49. The molecule has 6 rings (SSSR count). The minimum atomic E-state index is 0.530. The number of nitrogens with two attached hydrogens (primary N) is 1. The van der Waals surface area contributed by atoms with Gasteiger partial charge in [-0.1, -0.05) is 54.6 Å². The van der Waals surface area contributed by atoms with Gasteiger partial charge in [0, 0.05) is 49.2 Å². The number of nitrogen functional groups attached to an aromatic ring is 1. The molecule has 37 heavy (non-hydrogen) atoms. The second-order valence-corrected chi connectivity index (χ2v) is 9.49. The van der Waals surface area contributed by atoms with Crippen LogP contribution >= 0.6 is 0 Å². The number of nitrogens with zero attached hydrogens (tertiary/aromatic N) is 5. The zero-order valence-corrected chi connectivity index (χ0v) is 20.9. The van der Waals surface area contributed by atoms with Gasteiger partial charge in [0.1, 0.15) is 18.2 Å². The summed E-state index contributed by atoms with van der Waals surface area (Å²) in [5.74, 6) is 1.37. The summed E-state index contributed by atoms with van der Waals surface area (Å²) >= 11 is 0. The summed E-state index contributed by atoms with van der Waals surface area (Å²) in [5.41, 5.74) is 13.5. The zero-order valence-electron chi connectivity index (χ0n) is 20.9. The number of ether oxygens (including phenoxy) is 1. The van der Waals surface area contributed by atoms with Gasteiger partial charge in [-0.05, 0) is 48.0 Å².